The minimum atomic E-state index is -0.537. The second kappa shape index (κ2) is 4.57. The molecular weight excluding hydrogens is 254 g/mol. The van der Waals surface area contributed by atoms with Crippen molar-refractivity contribution < 1.29 is 14.6 Å². The topological polar surface area (TPSA) is 58.6 Å². The molecule has 1 aromatic carbocycles. The van der Waals surface area contributed by atoms with Gasteiger partial charge in [0.1, 0.15) is 0 Å². The summed E-state index contributed by atoms with van der Waals surface area (Å²) < 4.78 is 5.53. The van der Waals surface area contributed by atoms with Gasteiger partial charge in [-0.25, -0.2) is 0 Å². The van der Waals surface area contributed by atoms with Crippen LogP contribution in [0.15, 0.2) is 18.2 Å². The number of aliphatic hydroxyl groups is 1. The summed E-state index contributed by atoms with van der Waals surface area (Å²) in [4.78, 5) is 11.9. The standard InChI is InChI=1S/C16H21NO3/c1-9-6-11(8-20-9)14(18)10-4-5-13-12(7-10)16(2,3)15(19)17-13/h4-5,7,9,11,14,18H,6,8H2,1-3H3,(H,17,19). The fourth-order valence-electron chi connectivity index (χ4n) is 3.12. The molecular formula is C16H21NO3. The van der Waals surface area contributed by atoms with Crippen molar-refractivity contribution in [2.75, 3.05) is 11.9 Å². The Balaban J connectivity index is 1.90. The molecule has 0 radical (unpaired) electrons. The van der Waals surface area contributed by atoms with Crippen LogP contribution in [0.1, 0.15) is 44.4 Å². The van der Waals surface area contributed by atoms with E-state index in [1.165, 1.54) is 0 Å². The van der Waals surface area contributed by atoms with Crippen LogP contribution < -0.4 is 5.32 Å². The first-order valence-corrected chi connectivity index (χ1v) is 7.15. The number of rotatable bonds is 2. The lowest BCUT2D eigenvalue weighted by atomic mass is 9.83. The first-order valence-electron chi connectivity index (χ1n) is 7.15. The van der Waals surface area contributed by atoms with Gasteiger partial charge in [0, 0.05) is 11.6 Å². The van der Waals surface area contributed by atoms with Gasteiger partial charge in [-0.2, -0.15) is 0 Å². The SMILES string of the molecule is CC1CC(C(O)c2ccc3c(c2)C(C)(C)C(=O)N3)CO1. The molecule has 0 aliphatic carbocycles. The molecule has 3 rings (SSSR count). The van der Waals surface area contributed by atoms with Crippen LogP contribution in [-0.4, -0.2) is 23.7 Å². The van der Waals surface area contributed by atoms with Crippen molar-refractivity contribution in [3.05, 3.63) is 29.3 Å². The zero-order chi connectivity index (χ0) is 14.5. The molecule has 0 saturated carbocycles. The Hall–Kier alpha value is -1.39. The molecule has 2 aliphatic rings. The van der Waals surface area contributed by atoms with Crippen molar-refractivity contribution in [3.8, 4) is 0 Å². The van der Waals surface area contributed by atoms with E-state index in [1.54, 1.807) is 0 Å². The summed E-state index contributed by atoms with van der Waals surface area (Å²) in [6.45, 7) is 6.44. The van der Waals surface area contributed by atoms with Gasteiger partial charge < -0.3 is 15.2 Å². The quantitative estimate of drug-likeness (QED) is 0.871. The number of carbonyl (C=O) groups excluding carboxylic acids is 1. The van der Waals surface area contributed by atoms with Gasteiger partial charge in [0.15, 0.2) is 0 Å². The second-order valence-corrected chi connectivity index (χ2v) is 6.47. The number of hydrogen-bond donors (Lipinski definition) is 2. The van der Waals surface area contributed by atoms with Crippen LogP contribution in [0.2, 0.25) is 0 Å². The molecule has 4 heteroatoms. The number of nitrogens with one attached hydrogen (secondary N) is 1. The van der Waals surface area contributed by atoms with E-state index in [0.29, 0.717) is 6.61 Å². The number of anilines is 1. The second-order valence-electron chi connectivity index (χ2n) is 6.47. The highest BCUT2D eigenvalue weighted by Crippen LogP contribution is 2.40. The third-order valence-electron chi connectivity index (χ3n) is 4.55. The average Bonchev–Trinajstić information content (AvgIpc) is 2.92. The molecule has 1 amide bonds. The Bertz CT molecular complexity index is 553. The van der Waals surface area contributed by atoms with Crippen molar-refractivity contribution in [2.24, 2.45) is 5.92 Å². The van der Waals surface area contributed by atoms with Gasteiger partial charge in [-0.1, -0.05) is 12.1 Å². The molecule has 1 aromatic rings. The van der Waals surface area contributed by atoms with E-state index in [2.05, 4.69) is 5.32 Å². The Labute approximate surface area is 119 Å². The third kappa shape index (κ3) is 2.03. The summed E-state index contributed by atoms with van der Waals surface area (Å²) in [7, 11) is 0. The van der Waals surface area contributed by atoms with Gasteiger partial charge in [-0.3, -0.25) is 4.79 Å². The molecule has 3 unspecified atom stereocenters. The van der Waals surface area contributed by atoms with Crippen LogP contribution in [0.5, 0.6) is 0 Å². The molecule has 2 heterocycles. The number of fused-ring (bicyclic) bond motifs is 1. The van der Waals surface area contributed by atoms with Crippen LogP contribution in [0, 0.1) is 5.92 Å². The predicted octanol–water partition coefficient (Wildman–Crippen LogP) is 2.37. The maximum atomic E-state index is 11.9. The first-order chi connectivity index (χ1) is 9.39. The van der Waals surface area contributed by atoms with Crippen LogP contribution in [0.3, 0.4) is 0 Å². The molecule has 0 aromatic heterocycles. The Kier molecular flexibility index (Phi) is 3.10. The number of aliphatic hydroxyl groups excluding tert-OH is 1. The average molecular weight is 275 g/mol. The van der Waals surface area contributed by atoms with Crippen LogP contribution in [-0.2, 0) is 14.9 Å². The molecule has 0 spiro atoms. The molecule has 4 nitrogen and oxygen atoms in total. The lowest BCUT2D eigenvalue weighted by Crippen LogP contribution is -2.27. The number of benzene rings is 1. The molecule has 108 valence electrons. The number of amides is 1. The summed E-state index contributed by atoms with van der Waals surface area (Å²) in [5.41, 5.74) is 2.15. The highest BCUT2D eigenvalue weighted by Gasteiger charge is 2.39. The van der Waals surface area contributed by atoms with Crippen LogP contribution in [0.4, 0.5) is 5.69 Å². The third-order valence-corrected chi connectivity index (χ3v) is 4.55. The van der Waals surface area contributed by atoms with E-state index in [0.717, 1.165) is 23.2 Å². The van der Waals surface area contributed by atoms with E-state index in [1.807, 2.05) is 39.0 Å². The highest BCUT2D eigenvalue weighted by atomic mass is 16.5. The molecule has 0 bridgehead atoms. The molecule has 1 saturated heterocycles. The lowest BCUT2D eigenvalue weighted by Gasteiger charge is -2.20. The largest absolute Gasteiger partial charge is 0.388 e. The van der Waals surface area contributed by atoms with Crippen molar-refractivity contribution >= 4 is 11.6 Å². The molecule has 3 atom stereocenters. The van der Waals surface area contributed by atoms with Crippen molar-refractivity contribution in [1.82, 2.24) is 0 Å². The normalized spacial score (nSPS) is 29.1. The predicted molar refractivity (Wildman–Crippen MR) is 76.6 cm³/mol. The fourth-order valence-corrected chi connectivity index (χ4v) is 3.12. The molecule has 2 aliphatic heterocycles. The molecule has 2 N–H and O–H groups in total. The highest BCUT2D eigenvalue weighted by molar-refractivity contribution is 6.05. The van der Waals surface area contributed by atoms with E-state index < -0.39 is 11.5 Å². The fraction of sp³-hybridized carbons (Fsp3) is 0.562. The Morgan fingerprint density at radius 3 is 2.85 bits per heavy atom. The Morgan fingerprint density at radius 1 is 1.45 bits per heavy atom. The molecule has 20 heavy (non-hydrogen) atoms. The molecule has 1 fully saturated rings. The maximum Gasteiger partial charge on any atom is 0.234 e. The van der Waals surface area contributed by atoms with Crippen LogP contribution in [0.25, 0.3) is 0 Å². The Morgan fingerprint density at radius 2 is 2.20 bits per heavy atom. The van der Waals surface area contributed by atoms with Crippen molar-refractivity contribution in [3.63, 3.8) is 0 Å². The number of hydrogen-bond acceptors (Lipinski definition) is 3. The maximum absolute atomic E-state index is 11.9. The van der Waals surface area contributed by atoms with E-state index in [9.17, 15) is 9.90 Å². The zero-order valence-corrected chi connectivity index (χ0v) is 12.1. The van der Waals surface area contributed by atoms with E-state index >= 15 is 0 Å². The lowest BCUT2D eigenvalue weighted by molar-refractivity contribution is -0.119. The van der Waals surface area contributed by atoms with Crippen LogP contribution >= 0.6 is 0 Å². The monoisotopic (exact) mass is 275 g/mol. The van der Waals surface area contributed by atoms with Gasteiger partial charge in [0.05, 0.1) is 24.2 Å². The van der Waals surface area contributed by atoms with Gasteiger partial charge in [0.25, 0.3) is 0 Å². The number of ether oxygens (including phenoxy) is 1. The van der Waals surface area contributed by atoms with Crippen molar-refractivity contribution in [2.45, 2.75) is 44.8 Å². The summed E-state index contributed by atoms with van der Waals surface area (Å²) in [5.74, 6) is 0.146. The van der Waals surface area contributed by atoms with Crippen molar-refractivity contribution in [1.29, 1.82) is 0 Å². The van der Waals surface area contributed by atoms with Gasteiger partial charge >= 0.3 is 0 Å². The van der Waals surface area contributed by atoms with E-state index in [-0.39, 0.29) is 17.9 Å². The summed E-state index contributed by atoms with van der Waals surface area (Å²) in [6.07, 6.45) is 0.555. The summed E-state index contributed by atoms with van der Waals surface area (Å²) in [6, 6.07) is 5.74. The minimum absolute atomic E-state index is 0.0111. The van der Waals surface area contributed by atoms with Gasteiger partial charge in [0.2, 0.25) is 5.91 Å². The van der Waals surface area contributed by atoms with Gasteiger partial charge in [-0.05, 0) is 44.4 Å². The van der Waals surface area contributed by atoms with E-state index in [4.69, 9.17) is 4.74 Å². The zero-order valence-electron chi connectivity index (χ0n) is 12.1. The first kappa shape index (κ1) is 13.6. The summed E-state index contributed by atoms with van der Waals surface area (Å²) in [5, 5.41) is 13.4. The van der Waals surface area contributed by atoms with Gasteiger partial charge in [-0.15, -0.1) is 0 Å². The number of carbonyl (C=O) groups is 1. The summed E-state index contributed by atoms with van der Waals surface area (Å²) >= 11 is 0. The smallest absolute Gasteiger partial charge is 0.234 e. The minimum Gasteiger partial charge on any atom is -0.388 e.